The number of Topliss-reactive ketones (excluding diaryl/α,β-unsaturated/α-hetero) is 1. The third kappa shape index (κ3) is 9.15. The zero-order valence-corrected chi connectivity index (χ0v) is 8.05. The first-order valence-corrected chi connectivity index (χ1v) is 4.58. The Balaban J connectivity index is 3.24. The molecular formula is C11H18O. The topological polar surface area (TPSA) is 17.1 Å². The molecule has 0 heterocycles. The number of allylic oxidation sites excluding steroid dienone is 4. The lowest BCUT2D eigenvalue weighted by atomic mass is 10.2. The SMILES string of the molecule is CCC=CC=CCCCC(C)=O. The average Bonchev–Trinajstić information content (AvgIpc) is 2.02. The van der Waals surface area contributed by atoms with Crippen LogP contribution >= 0.6 is 0 Å². The van der Waals surface area contributed by atoms with Crippen molar-refractivity contribution in [3.05, 3.63) is 24.3 Å². The summed E-state index contributed by atoms with van der Waals surface area (Å²) in [6.07, 6.45) is 12.1. The van der Waals surface area contributed by atoms with E-state index in [9.17, 15) is 4.79 Å². The lowest BCUT2D eigenvalue weighted by molar-refractivity contribution is -0.117. The van der Waals surface area contributed by atoms with Gasteiger partial charge in [0.05, 0.1) is 0 Å². The predicted molar refractivity (Wildman–Crippen MR) is 53.1 cm³/mol. The lowest BCUT2D eigenvalue weighted by Gasteiger charge is -1.89. The summed E-state index contributed by atoms with van der Waals surface area (Å²) in [4.78, 5) is 10.5. The average molecular weight is 166 g/mol. The Morgan fingerprint density at radius 2 is 1.92 bits per heavy atom. The molecule has 0 aromatic rings. The minimum Gasteiger partial charge on any atom is -0.300 e. The van der Waals surface area contributed by atoms with E-state index in [1.807, 2.05) is 12.2 Å². The van der Waals surface area contributed by atoms with Crippen LogP contribution in [0.2, 0.25) is 0 Å². The second-order valence-electron chi connectivity index (χ2n) is 2.86. The Kier molecular flexibility index (Phi) is 7.66. The van der Waals surface area contributed by atoms with Crippen molar-refractivity contribution in [2.45, 2.75) is 39.5 Å². The van der Waals surface area contributed by atoms with Gasteiger partial charge >= 0.3 is 0 Å². The second kappa shape index (κ2) is 8.25. The largest absolute Gasteiger partial charge is 0.300 e. The Labute approximate surface area is 75.2 Å². The molecule has 0 aliphatic heterocycles. The van der Waals surface area contributed by atoms with Crippen LogP contribution in [0.15, 0.2) is 24.3 Å². The van der Waals surface area contributed by atoms with Crippen LogP contribution in [0.5, 0.6) is 0 Å². The van der Waals surface area contributed by atoms with Crippen molar-refractivity contribution in [2.75, 3.05) is 0 Å². The number of ketones is 1. The quantitative estimate of drug-likeness (QED) is 0.437. The van der Waals surface area contributed by atoms with E-state index in [0.717, 1.165) is 19.3 Å². The Morgan fingerprint density at radius 1 is 1.25 bits per heavy atom. The molecule has 1 heteroatoms. The van der Waals surface area contributed by atoms with Gasteiger partial charge in [-0.3, -0.25) is 0 Å². The third-order valence-electron chi connectivity index (χ3n) is 1.52. The maximum absolute atomic E-state index is 10.5. The standard InChI is InChI=1S/C11H18O/c1-3-4-5-6-7-8-9-10-11(2)12/h4-7H,3,8-10H2,1-2H3. The Morgan fingerprint density at radius 3 is 2.50 bits per heavy atom. The van der Waals surface area contributed by atoms with Gasteiger partial charge in [0.1, 0.15) is 5.78 Å². The maximum Gasteiger partial charge on any atom is 0.129 e. The van der Waals surface area contributed by atoms with Crippen LogP contribution in [0.1, 0.15) is 39.5 Å². The molecule has 0 saturated carbocycles. The van der Waals surface area contributed by atoms with Crippen molar-refractivity contribution in [1.29, 1.82) is 0 Å². The zero-order valence-electron chi connectivity index (χ0n) is 8.05. The van der Waals surface area contributed by atoms with Crippen LogP contribution in [0.25, 0.3) is 0 Å². The molecule has 0 radical (unpaired) electrons. The fraction of sp³-hybridized carbons (Fsp3) is 0.545. The first-order chi connectivity index (χ1) is 5.77. The van der Waals surface area contributed by atoms with E-state index in [0.29, 0.717) is 6.42 Å². The molecule has 0 amide bonds. The van der Waals surface area contributed by atoms with Gasteiger partial charge in [-0.15, -0.1) is 0 Å². The number of hydrogen-bond donors (Lipinski definition) is 0. The summed E-state index contributed by atoms with van der Waals surface area (Å²) in [6, 6.07) is 0. The highest BCUT2D eigenvalue weighted by molar-refractivity contribution is 5.75. The van der Waals surface area contributed by atoms with Crippen molar-refractivity contribution < 1.29 is 4.79 Å². The zero-order chi connectivity index (χ0) is 9.23. The van der Waals surface area contributed by atoms with E-state index in [4.69, 9.17) is 0 Å². The van der Waals surface area contributed by atoms with E-state index in [-0.39, 0.29) is 5.78 Å². The van der Waals surface area contributed by atoms with Gasteiger partial charge in [0.15, 0.2) is 0 Å². The molecule has 0 N–H and O–H groups in total. The molecule has 0 aromatic carbocycles. The van der Waals surface area contributed by atoms with Crippen molar-refractivity contribution in [2.24, 2.45) is 0 Å². The third-order valence-corrected chi connectivity index (χ3v) is 1.52. The van der Waals surface area contributed by atoms with E-state index in [1.165, 1.54) is 0 Å². The Hall–Kier alpha value is -0.850. The molecule has 0 aromatic heterocycles. The fourth-order valence-electron chi connectivity index (χ4n) is 0.858. The van der Waals surface area contributed by atoms with E-state index in [1.54, 1.807) is 6.92 Å². The van der Waals surface area contributed by atoms with Crippen molar-refractivity contribution in [3.8, 4) is 0 Å². The molecule has 68 valence electrons. The summed E-state index contributed by atoms with van der Waals surface area (Å²) < 4.78 is 0. The number of unbranched alkanes of at least 4 members (excludes halogenated alkanes) is 1. The fourth-order valence-corrected chi connectivity index (χ4v) is 0.858. The van der Waals surface area contributed by atoms with E-state index in [2.05, 4.69) is 19.1 Å². The van der Waals surface area contributed by atoms with Gasteiger partial charge in [0.25, 0.3) is 0 Å². The molecule has 0 spiro atoms. The van der Waals surface area contributed by atoms with Crippen LogP contribution in [0.3, 0.4) is 0 Å². The van der Waals surface area contributed by atoms with Crippen molar-refractivity contribution in [3.63, 3.8) is 0 Å². The molecule has 0 fully saturated rings. The molecule has 0 aliphatic carbocycles. The number of carbonyl (C=O) groups excluding carboxylic acids is 1. The van der Waals surface area contributed by atoms with Crippen LogP contribution < -0.4 is 0 Å². The molecule has 12 heavy (non-hydrogen) atoms. The molecule has 0 unspecified atom stereocenters. The van der Waals surface area contributed by atoms with Gasteiger partial charge in [-0.2, -0.15) is 0 Å². The summed E-state index contributed by atoms with van der Waals surface area (Å²) in [5.74, 6) is 0.285. The summed E-state index contributed by atoms with van der Waals surface area (Å²) in [5, 5.41) is 0. The minimum atomic E-state index is 0.285. The van der Waals surface area contributed by atoms with Gasteiger partial charge < -0.3 is 4.79 Å². The lowest BCUT2D eigenvalue weighted by Crippen LogP contribution is -1.87. The van der Waals surface area contributed by atoms with E-state index < -0.39 is 0 Å². The minimum absolute atomic E-state index is 0.285. The van der Waals surface area contributed by atoms with E-state index >= 15 is 0 Å². The van der Waals surface area contributed by atoms with Crippen LogP contribution in [0.4, 0.5) is 0 Å². The molecule has 0 atom stereocenters. The highest BCUT2D eigenvalue weighted by atomic mass is 16.1. The van der Waals surface area contributed by atoms with Gasteiger partial charge in [0, 0.05) is 6.42 Å². The molecule has 0 aliphatic rings. The molecule has 0 bridgehead atoms. The molecule has 0 saturated heterocycles. The summed E-state index contributed by atoms with van der Waals surface area (Å²) in [5.41, 5.74) is 0. The second-order valence-corrected chi connectivity index (χ2v) is 2.86. The molecular weight excluding hydrogens is 148 g/mol. The number of rotatable bonds is 6. The maximum atomic E-state index is 10.5. The number of carbonyl (C=O) groups is 1. The van der Waals surface area contributed by atoms with Gasteiger partial charge in [-0.1, -0.05) is 31.2 Å². The smallest absolute Gasteiger partial charge is 0.129 e. The van der Waals surface area contributed by atoms with Crippen molar-refractivity contribution >= 4 is 5.78 Å². The highest BCUT2D eigenvalue weighted by Crippen LogP contribution is 1.97. The first kappa shape index (κ1) is 11.2. The van der Waals surface area contributed by atoms with Gasteiger partial charge in [-0.05, 0) is 26.2 Å². The molecule has 1 nitrogen and oxygen atoms in total. The van der Waals surface area contributed by atoms with Crippen LogP contribution in [-0.2, 0) is 4.79 Å². The first-order valence-electron chi connectivity index (χ1n) is 4.58. The summed E-state index contributed by atoms with van der Waals surface area (Å²) in [7, 11) is 0. The normalized spacial score (nSPS) is 11.5. The number of hydrogen-bond acceptors (Lipinski definition) is 1. The van der Waals surface area contributed by atoms with Crippen molar-refractivity contribution in [1.82, 2.24) is 0 Å². The summed E-state index contributed by atoms with van der Waals surface area (Å²) in [6.45, 7) is 3.75. The van der Waals surface area contributed by atoms with Crippen LogP contribution in [-0.4, -0.2) is 5.78 Å². The van der Waals surface area contributed by atoms with Gasteiger partial charge in [-0.25, -0.2) is 0 Å². The highest BCUT2D eigenvalue weighted by Gasteiger charge is 1.89. The predicted octanol–water partition coefficient (Wildman–Crippen LogP) is 3.27. The Bertz CT molecular complexity index is 166. The van der Waals surface area contributed by atoms with Gasteiger partial charge in [0.2, 0.25) is 0 Å². The monoisotopic (exact) mass is 166 g/mol. The summed E-state index contributed by atoms with van der Waals surface area (Å²) >= 11 is 0. The molecule has 0 rings (SSSR count). The van der Waals surface area contributed by atoms with Crippen LogP contribution in [0, 0.1) is 0 Å².